The summed E-state index contributed by atoms with van der Waals surface area (Å²) in [7, 11) is 0. The molecule has 1 aromatic heterocycles. The van der Waals surface area contributed by atoms with Crippen molar-refractivity contribution in [2.45, 2.75) is 6.42 Å². The highest BCUT2D eigenvalue weighted by atomic mass is 32.1. The van der Waals surface area contributed by atoms with E-state index >= 15 is 0 Å². The van der Waals surface area contributed by atoms with Crippen molar-refractivity contribution in [3.63, 3.8) is 0 Å². The molecule has 0 aliphatic heterocycles. The number of nitrogens with one attached hydrogen (secondary N) is 1. The van der Waals surface area contributed by atoms with Gasteiger partial charge in [-0.15, -0.1) is 11.3 Å². The Labute approximate surface area is 96.0 Å². The van der Waals surface area contributed by atoms with Crippen LogP contribution in [0.15, 0.2) is 35.8 Å². The fraction of sp³-hybridized carbons (Fsp3) is 0.0909. The predicted molar refractivity (Wildman–Crippen MR) is 60.8 cm³/mol. The van der Waals surface area contributed by atoms with Crippen LogP contribution in [-0.4, -0.2) is 10.9 Å². The van der Waals surface area contributed by atoms with Gasteiger partial charge >= 0.3 is 0 Å². The van der Waals surface area contributed by atoms with Gasteiger partial charge in [-0.1, -0.05) is 18.2 Å². The maximum atomic E-state index is 13.2. The van der Waals surface area contributed by atoms with Crippen molar-refractivity contribution < 1.29 is 9.18 Å². The van der Waals surface area contributed by atoms with Crippen LogP contribution in [-0.2, 0) is 11.2 Å². The van der Waals surface area contributed by atoms with Crippen LogP contribution >= 0.6 is 11.3 Å². The van der Waals surface area contributed by atoms with Gasteiger partial charge in [0.05, 0.1) is 6.42 Å². The molecule has 0 saturated heterocycles. The van der Waals surface area contributed by atoms with Crippen molar-refractivity contribution in [1.29, 1.82) is 0 Å². The van der Waals surface area contributed by atoms with Crippen LogP contribution < -0.4 is 5.32 Å². The molecule has 0 atom stereocenters. The Bertz CT molecular complexity index is 484. The highest BCUT2D eigenvalue weighted by Gasteiger charge is 2.08. The number of halogens is 1. The zero-order chi connectivity index (χ0) is 11.4. The van der Waals surface area contributed by atoms with E-state index in [1.165, 1.54) is 17.4 Å². The van der Waals surface area contributed by atoms with E-state index in [9.17, 15) is 9.18 Å². The van der Waals surface area contributed by atoms with Gasteiger partial charge in [0.2, 0.25) is 5.91 Å². The lowest BCUT2D eigenvalue weighted by Crippen LogP contribution is -2.14. The van der Waals surface area contributed by atoms with Crippen molar-refractivity contribution in [2.75, 3.05) is 5.32 Å². The molecular formula is C11H9FN2OS. The van der Waals surface area contributed by atoms with Crippen LogP contribution in [0.1, 0.15) is 5.56 Å². The Morgan fingerprint density at radius 2 is 2.25 bits per heavy atom. The molecule has 1 heterocycles. The van der Waals surface area contributed by atoms with Crippen molar-refractivity contribution in [1.82, 2.24) is 4.98 Å². The standard InChI is InChI=1S/C11H9FN2OS/c12-9-4-2-1-3-8(9)7-10(15)14-11-13-5-6-16-11/h1-6H,7H2,(H,13,14,15). The molecule has 82 valence electrons. The molecular weight excluding hydrogens is 227 g/mol. The minimum absolute atomic E-state index is 0.0201. The lowest BCUT2D eigenvalue weighted by Gasteiger charge is -2.02. The van der Waals surface area contributed by atoms with Crippen molar-refractivity contribution in [3.8, 4) is 0 Å². The van der Waals surface area contributed by atoms with Gasteiger partial charge in [-0.3, -0.25) is 4.79 Å². The number of hydrogen-bond donors (Lipinski definition) is 1. The van der Waals surface area contributed by atoms with Gasteiger partial charge in [0.1, 0.15) is 5.82 Å². The van der Waals surface area contributed by atoms with Crippen LogP contribution in [0, 0.1) is 5.82 Å². The summed E-state index contributed by atoms with van der Waals surface area (Å²) >= 11 is 1.33. The minimum Gasteiger partial charge on any atom is -0.302 e. The lowest BCUT2D eigenvalue weighted by atomic mass is 10.1. The van der Waals surface area contributed by atoms with E-state index < -0.39 is 0 Å². The van der Waals surface area contributed by atoms with Gasteiger partial charge in [-0.25, -0.2) is 9.37 Å². The summed E-state index contributed by atoms with van der Waals surface area (Å²) in [5, 5.41) is 4.89. The van der Waals surface area contributed by atoms with Gasteiger partial charge in [0.15, 0.2) is 5.13 Å². The topological polar surface area (TPSA) is 42.0 Å². The summed E-state index contributed by atoms with van der Waals surface area (Å²) in [5.41, 5.74) is 0.386. The molecule has 0 aliphatic rings. The van der Waals surface area contributed by atoms with Gasteiger partial charge in [0.25, 0.3) is 0 Å². The number of hydrogen-bond acceptors (Lipinski definition) is 3. The normalized spacial score (nSPS) is 10.1. The first-order valence-corrected chi connectivity index (χ1v) is 5.56. The van der Waals surface area contributed by atoms with Crippen LogP contribution in [0.25, 0.3) is 0 Å². The number of benzene rings is 1. The third kappa shape index (κ3) is 2.64. The van der Waals surface area contributed by atoms with Gasteiger partial charge in [0, 0.05) is 11.6 Å². The van der Waals surface area contributed by atoms with E-state index in [0.29, 0.717) is 10.7 Å². The summed E-state index contributed by atoms with van der Waals surface area (Å²) in [6.45, 7) is 0. The molecule has 1 N–H and O–H groups in total. The largest absolute Gasteiger partial charge is 0.302 e. The summed E-state index contributed by atoms with van der Waals surface area (Å²) in [5.74, 6) is -0.628. The third-order valence-electron chi connectivity index (χ3n) is 1.99. The molecule has 0 spiro atoms. The number of amides is 1. The molecule has 5 heteroatoms. The Kier molecular flexibility index (Phi) is 3.26. The van der Waals surface area contributed by atoms with Crippen molar-refractivity contribution in [3.05, 3.63) is 47.2 Å². The number of thiazole rings is 1. The van der Waals surface area contributed by atoms with Gasteiger partial charge in [-0.2, -0.15) is 0 Å². The van der Waals surface area contributed by atoms with Gasteiger partial charge < -0.3 is 5.32 Å². The van der Waals surface area contributed by atoms with Crippen molar-refractivity contribution in [2.24, 2.45) is 0 Å². The molecule has 2 aromatic rings. The molecule has 0 bridgehead atoms. The quantitative estimate of drug-likeness (QED) is 0.889. The molecule has 16 heavy (non-hydrogen) atoms. The average Bonchev–Trinajstić information content (AvgIpc) is 2.74. The van der Waals surface area contributed by atoms with E-state index in [-0.39, 0.29) is 18.1 Å². The summed E-state index contributed by atoms with van der Waals surface area (Å²) in [6, 6.07) is 6.23. The maximum Gasteiger partial charge on any atom is 0.230 e. The molecule has 1 aromatic carbocycles. The van der Waals surface area contributed by atoms with E-state index in [1.807, 2.05) is 0 Å². The van der Waals surface area contributed by atoms with E-state index in [0.717, 1.165) is 0 Å². The minimum atomic E-state index is -0.364. The number of carbonyl (C=O) groups excluding carboxylic acids is 1. The SMILES string of the molecule is O=C(Cc1ccccc1F)Nc1nccs1. The Morgan fingerprint density at radius 1 is 1.44 bits per heavy atom. The number of rotatable bonds is 3. The van der Waals surface area contributed by atoms with Crippen molar-refractivity contribution >= 4 is 22.4 Å². The zero-order valence-corrected chi connectivity index (χ0v) is 9.13. The second-order valence-corrected chi connectivity index (χ2v) is 4.05. The van der Waals surface area contributed by atoms with Crippen LogP contribution in [0.3, 0.4) is 0 Å². The third-order valence-corrected chi connectivity index (χ3v) is 2.68. The Morgan fingerprint density at radius 3 is 2.94 bits per heavy atom. The van der Waals surface area contributed by atoms with E-state index in [2.05, 4.69) is 10.3 Å². The number of anilines is 1. The fourth-order valence-electron chi connectivity index (χ4n) is 1.26. The zero-order valence-electron chi connectivity index (χ0n) is 8.31. The van der Waals surface area contributed by atoms with Crippen LogP contribution in [0.2, 0.25) is 0 Å². The van der Waals surface area contributed by atoms with E-state index in [1.54, 1.807) is 29.8 Å². The van der Waals surface area contributed by atoms with Crippen LogP contribution in [0.5, 0.6) is 0 Å². The Balaban J connectivity index is 2.00. The average molecular weight is 236 g/mol. The lowest BCUT2D eigenvalue weighted by molar-refractivity contribution is -0.115. The molecule has 3 nitrogen and oxygen atoms in total. The molecule has 0 aliphatic carbocycles. The molecule has 0 radical (unpaired) electrons. The molecule has 1 amide bonds. The second kappa shape index (κ2) is 4.85. The number of carbonyl (C=O) groups is 1. The highest BCUT2D eigenvalue weighted by molar-refractivity contribution is 7.13. The van der Waals surface area contributed by atoms with Crippen LogP contribution in [0.4, 0.5) is 9.52 Å². The molecule has 0 fully saturated rings. The summed E-state index contributed by atoms with van der Waals surface area (Å²) in [6.07, 6.45) is 1.62. The molecule has 0 saturated carbocycles. The van der Waals surface area contributed by atoms with E-state index in [4.69, 9.17) is 0 Å². The number of nitrogens with zero attached hydrogens (tertiary/aromatic N) is 1. The molecule has 2 rings (SSSR count). The molecule has 0 unspecified atom stereocenters. The van der Waals surface area contributed by atoms with Gasteiger partial charge in [-0.05, 0) is 11.6 Å². The monoisotopic (exact) mass is 236 g/mol. The second-order valence-electron chi connectivity index (χ2n) is 3.15. The number of aromatic nitrogens is 1. The summed E-state index contributed by atoms with van der Waals surface area (Å²) in [4.78, 5) is 15.4. The predicted octanol–water partition coefficient (Wildman–Crippen LogP) is 2.46. The Hall–Kier alpha value is -1.75. The fourth-order valence-corrected chi connectivity index (χ4v) is 1.81. The maximum absolute atomic E-state index is 13.2. The first-order chi connectivity index (χ1) is 7.75. The first-order valence-electron chi connectivity index (χ1n) is 4.68. The smallest absolute Gasteiger partial charge is 0.230 e. The highest BCUT2D eigenvalue weighted by Crippen LogP contribution is 2.12. The first kappa shape index (κ1) is 10.8. The summed E-state index contributed by atoms with van der Waals surface area (Å²) < 4.78 is 13.2.